The lowest BCUT2D eigenvalue weighted by Gasteiger charge is -2.25. The number of hydrogen-bond acceptors (Lipinski definition) is 6. The minimum Gasteiger partial charge on any atom is -0.467 e. The van der Waals surface area contributed by atoms with E-state index in [0.717, 1.165) is 6.26 Å². The molecule has 0 aliphatic carbocycles. The molecule has 90 valence electrons. The van der Waals surface area contributed by atoms with E-state index in [2.05, 4.69) is 5.10 Å². The van der Waals surface area contributed by atoms with E-state index in [9.17, 15) is 8.42 Å². The number of rotatable bonds is 4. The van der Waals surface area contributed by atoms with Gasteiger partial charge in [-0.3, -0.25) is 4.68 Å². The van der Waals surface area contributed by atoms with Crippen LogP contribution in [-0.2, 0) is 20.5 Å². The van der Waals surface area contributed by atoms with Gasteiger partial charge in [-0.05, 0) is 0 Å². The summed E-state index contributed by atoms with van der Waals surface area (Å²) in [7, 11) is -3.14. The number of ether oxygens (including phenoxy) is 2. The van der Waals surface area contributed by atoms with E-state index in [4.69, 9.17) is 15.2 Å². The molecule has 1 aliphatic heterocycles. The second-order valence-electron chi connectivity index (χ2n) is 3.76. The first kappa shape index (κ1) is 11.2. The number of hydrogen-bond donors (Lipinski definition) is 1. The summed E-state index contributed by atoms with van der Waals surface area (Å²) in [6.45, 7) is 1.02. The second-order valence-corrected chi connectivity index (χ2v) is 5.87. The molecule has 2 heterocycles. The highest BCUT2D eigenvalue weighted by Crippen LogP contribution is 2.21. The van der Waals surface area contributed by atoms with Gasteiger partial charge in [-0.1, -0.05) is 0 Å². The number of nitrogen functional groups attached to an aromatic ring is 1. The zero-order valence-electron chi connectivity index (χ0n) is 8.79. The molecule has 16 heavy (non-hydrogen) atoms. The third-order valence-corrected chi connectivity index (χ3v) is 2.74. The summed E-state index contributed by atoms with van der Waals surface area (Å²) in [6, 6.07) is 0. The third kappa shape index (κ3) is 2.64. The minimum absolute atomic E-state index is 0.0381. The third-order valence-electron chi connectivity index (χ3n) is 2.01. The Balaban J connectivity index is 2.08. The van der Waals surface area contributed by atoms with Crippen molar-refractivity contribution in [3.63, 3.8) is 0 Å². The fourth-order valence-electron chi connectivity index (χ4n) is 1.26. The smallest absolute Gasteiger partial charge is 0.256 e. The number of nitrogens with zero attached hydrogens (tertiary/aromatic N) is 2. The van der Waals surface area contributed by atoms with Gasteiger partial charge in [0.1, 0.15) is 17.7 Å². The Morgan fingerprint density at radius 1 is 1.69 bits per heavy atom. The Morgan fingerprint density at radius 2 is 2.38 bits per heavy atom. The predicted molar refractivity (Wildman–Crippen MR) is 56.7 cm³/mol. The number of anilines is 1. The Bertz CT molecular complexity index is 477. The topological polar surface area (TPSA) is 96.4 Å². The zero-order chi connectivity index (χ0) is 11.8. The summed E-state index contributed by atoms with van der Waals surface area (Å²) in [6.07, 6.45) is 2.53. The van der Waals surface area contributed by atoms with E-state index >= 15 is 0 Å². The lowest BCUT2D eigenvalue weighted by Crippen LogP contribution is -2.38. The molecule has 0 bridgehead atoms. The van der Waals surface area contributed by atoms with Crippen LogP contribution in [0, 0.1) is 0 Å². The van der Waals surface area contributed by atoms with Gasteiger partial charge in [-0.2, -0.15) is 0 Å². The van der Waals surface area contributed by atoms with Crippen LogP contribution in [0.25, 0.3) is 0 Å². The molecule has 7 nitrogen and oxygen atoms in total. The van der Waals surface area contributed by atoms with Crippen molar-refractivity contribution in [2.45, 2.75) is 12.0 Å². The van der Waals surface area contributed by atoms with Crippen LogP contribution in [0.1, 0.15) is 0 Å². The fraction of sp³-hybridized carbons (Fsp3) is 0.625. The summed E-state index contributed by atoms with van der Waals surface area (Å²) < 4.78 is 33.7. The Kier molecular flexibility index (Phi) is 2.76. The SMILES string of the molecule is CS(=O)(=O)Cn1cc(N)c(OC2COC2)n1. The van der Waals surface area contributed by atoms with Gasteiger partial charge in [0.25, 0.3) is 5.88 Å². The van der Waals surface area contributed by atoms with Crippen LogP contribution >= 0.6 is 0 Å². The van der Waals surface area contributed by atoms with Gasteiger partial charge in [0, 0.05) is 6.26 Å². The molecule has 1 aromatic rings. The van der Waals surface area contributed by atoms with Crippen molar-refractivity contribution in [2.75, 3.05) is 25.2 Å². The molecule has 1 aliphatic rings. The van der Waals surface area contributed by atoms with E-state index in [1.807, 2.05) is 0 Å². The van der Waals surface area contributed by atoms with Crippen molar-refractivity contribution < 1.29 is 17.9 Å². The molecule has 2 rings (SSSR count). The first-order valence-electron chi connectivity index (χ1n) is 4.69. The predicted octanol–water partition coefficient (Wildman–Crippen LogP) is -0.755. The lowest BCUT2D eigenvalue weighted by atomic mass is 10.3. The van der Waals surface area contributed by atoms with Gasteiger partial charge in [0.05, 0.1) is 19.4 Å². The van der Waals surface area contributed by atoms with Crippen molar-refractivity contribution in [3.05, 3.63) is 6.20 Å². The molecule has 0 spiro atoms. The highest BCUT2D eigenvalue weighted by molar-refractivity contribution is 7.89. The van der Waals surface area contributed by atoms with E-state index in [-0.39, 0.29) is 17.9 Å². The van der Waals surface area contributed by atoms with Crippen LogP contribution in [0.4, 0.5) is 5.69 Å². The Hall–Kier alpha value is -1.28. The maximum absolute atomic E-state index is 11.0. The first-order valence-corrected chi connectivity index (χ1v) is 6.75. The van der Waals surface area contributed by atoms with Crippen molar-refractivity contribution in [1.29, 1.82) is 0 Å². The van der Waals surface area contributed by atoms with E-state index in [1.165, 1.54) is 10.9 Å². The number of aromatic nitrogens is 2. The summed E-state index contributed by atoms with van der Waals surface area (Å²) in [5.74, 6) is 0.0544. The van der Waals surface area contributed by atoms with Gasteiger partial charge < -0.3 is 15.2 Å². The van der Waals surface area contributed by atoms with Crippen LogP contribution in [0.3, 0.4) is 0 Å². The van der Waals surface area contributed by atoms with E-state index in [0.29, 0.717) is 18.9 Å². The molecule has 2 N–H and O–H groups in total. The molecule has 1 fully saturated rings. The van der Waals surface area contributed by atoms with Crippen molar-refractivity contribution in [2.24, 2.45) is 0 Å². The molecule has 0 amide bonds. The molecule has 0 radical (unpaired) electrons. The molecule has 8 heteroatoms. The first-order chi connectivity index (χ1) is 7.44. The number of sulfone groups is 1. The van der Waals surface area contributed by atoms with Crippen LogP contribution in [0.2, 0.25) is 0 Å². The summed E-state index contributed by atoms with van der Waals surface area (Å²) >= 11 is 0. The standard InChI is InChI=1S/C8H13N3O4S/c1-16(12,13)5-11-2-7(9)8(10-11)15-6-3-14-4-6/h2,6H,3-5,9H2,1H3. The van der Waals surface area contributed by atoms with Gasteiger partial charge >= 0.3 is 0 Å². The van der Waals surface area contributed by atoms with Crippen LogP contribution < -0.4 is 10.5 Å². The van der Waals surface area contributed by atoms with Crippen molar-refractivity contribution >= 4 is 15.5 Å². The van der Waals surface area contributed by atoms with Crippen LogP contribution in [0.5, 0.6) is 5.88 Å². The normalized spacial score (nSPS) is 17.1. The van der Waals surface area contributed by atoms with E-state index < -0.39 is 9.84 Å². The Labute approximate surface area is 93.0 Å². The van der Waals surface area contributed by atoms with Gasteiger partial charge in [-0.15, -0.1) is 5.10 Å². The van der Waals surface area contributed by atoms with Gasteiger partial charge in [-0.25, -0.2) is 8.42 Å². The molecule has 0 aromatic carbocycles. The second kappa shape index (κ2) is 3.95. The lowest BCUT2D eigenvalue weighted by molar-refractivity contribution is -0.0812. The van der Waals surface area contributed by atoms with Crippen LogP contribution in [0.15, 0.2) is 6.20 Å². The highest BCUT2D eigenvalue weighted by Gasteiger charge is 2.22. The van der Waals surface area contributed by atoms with Crippen molar-refractivity contribution in [3.8, 4) is 5.88 Å². The largest absolute Gasteiger partial charge is 0.467 e. The molecule has 1 saturated heterocycles. The maximum Gasteiger partial charge on any atom is 0.256 e. The average Bonchev–Trinajstić information content (AvgIpc) is 2.36. The monoisotopic (exact) mass is 247 g/mol. The van der Waals surface area contributed by atoms with E-state index in [1.54, 1.807) is 0 Å². The Morgan fingerprint density at radius 3 is 2.88 bits per heavy atom. The molecule has 1 aromatic heterocycles. The molecule has 0 saturated carbocycles. The molecule has 0 unspecified atom stereocenters. The summed E-state index contributed by atoms with van der Waals surface area (Å²) in [4.78, 5) is 0. The van der Waals surface area contributed by atoms with Gasteiger partial charge in [0.2, 0.25) is 0 Å². The van der Waals surface area contributed by atoms with Gasteiger partial charge in [0.15, 0.2) is 9.84 Å². The highest BCUT2D eigenvalue weighted by atomic mass is 32.2. The average molecular weight is 247 g/mol. The van der Waals surface area contributed by atoms with Crippen molar-refractivity contribution in [1.82, 2.24) is 9.78 Å². The maximum atomic E-state index is 11.0. The van der Waals surface area contributed by atoms with Crippen LogP contribution in [-0.4, -0.2) is 43.8 Å². The number of nitrogens with two attached hydrogens (primary N) is 1. The molecular weight excluding hydrogens is 234 g/mol. The fourth-order valence-corrected chi connectivity index (χ4v) is 1.87. The summed E-state index contributed by atoms with van der Waals surface area (Å²) in [5.41, 5.74) is 5.97. The quantitative estimate of drug-likeness (QED) is 0.751. The minimum atomic E-state index is -3.14. The zero-order valence-corrected chi connectivity index (χ0v) is 9.61. The molecular formula is C8H13N3O4S. The molecule has 0 atom stereocenters. The summed E-state index contributed by atoms with van der Waals surface area (Å²) in [5, 5.41) is 3.95.